The minimum Gasteiger partial charge on any atom is -0.358 e. The maximum absolute atomic E-state index is 11.2. The Labute approximate surface area is 122 Å². The van der Waals surface area contributed by atoms with Gasteiger partial charge < -0.3 is 4.98 Å². The van der Waals surface area contributed by atoms with Crippen LogP contribution in [0.15, 0.2) is 30.3 Å². The molecule has 0 aliphatic heterocycles. The molecule has 1 aromatic heterocycles. The molecule has 1 aromatic carbocycles. The van der Waals surface area contributed by atoms with Crippen LogP contribution in [0, 0.1) is 22.7 Å². The summed E-state index contributed by atoms with van der Waals surface area (Å²) in [6.07, 6.45) is 1.31. The molecule has 0 saturated carbocycles. The first-order chi connectivity index (χ1) is 9.93. The maximum Gasteiger partial charge on any atom is 0.229 e. The molecule has 0 aliphatic rings. The number of aromatic nitrogens is 1. The molecule has 2 N–H and O–H groups in total. The Morgan fingerprint density at radius 1 is 1.24 bits per heavy atom. The molecule has 7 heteroatoms. The van der Waals surface area contributed by atoms with E-state index < -0.39 is 10.0 Å². The zero-order valence-electron chi connectivity index (χ0n) is 11.2. The molecule has 0 amide bonds. The van der Waals surface area contributed by atoms with Gasteiger partial charge in [-0.3, -0.25) is 4.72 Å². The number of sulfonamides is 1. The van der Waals surface area contributed by atoms with Gasteiger partial charge in [-0.15, -0.1) is 0 Å². The quantitative estimate of drug-likeness (QED) is 0.899. The van der Waals surface area contributed by atoms with Gasteiger partial charge in [0, 0.05) is 11.4 Å². The highest BCUT2D eigenvalue weighted by molar-refractivity contribution is 7.92. The fourth-order valence-electron chi connectivity index (χ4n) is 1.89. The van der Waals surface area contributed by atoms with Crippen LogP contribution in [-0.4, -0.2) is 19.7 Å². The molecule has 0 atom stereocenters. The largest absolute Gasteiger partial charge is 0.358 e. The van der Waals surface area contributed by atoms with Gasteiger partial charge >= 0.3 is 0 Å². The Morgan fingerprint density at radius 3 is 2.62 bits per heavy atom. The molecule has 6 nitrogen and oxygen atoms in total. The van der Waals surface area contributed by atoms with Crippen molar-refractivity contribution in [2.24, 2.45) is 0 Å². The third-order valence-corrected chi connectivity index (χ3v) is 3.35. The third-order valence-electron chi connectivity index (χ3n) is 2.76. The van der Waals surface area contributed by atoms with E-state index in [-0.39, 0.29) is 17.7 Å². The molecular weight excluding hydrogens is 288 g/mol. The number of aromatic amines is 1. The van der Waals surface area contributed by atoms with Crippen molar-refractivity contribution in [3.05, 3.63) is 41.6 Å². The highest BCUT2D eigenvalue weighted by Gasteiger charge is 2.10. The number of hydrogen-bond donors (Lipinski definition) is 2. The average Bonchev–Trinajstić information content (AvgIpc) is 2.86. The number of benzene rings is 1. The number of anilines is 1. The summed E-state index contributed by atoms with van der Waals surface area (Å²) in [6.45, 7) is 0. The van der Waals surface area contributed by atoms with Gasteiger partial charge in [-0.2, -0.15) is 10.5 Å². The highest BCUT2D eigenvalue weighted by atomic mass is 32.2. The van der Waals surface area contributed by atoms with Crippen molar-refractivity contribution < 1.29 is 8.42 Å². The van der Waals surface area contributed by atoms with Crippen LogP contribution < -0.4 is 4.72 Å². The molecule has 0 spiro atoms. The van der Waals surface area contributed by atoms with Crippen molar-refractivity contribution in [2.75, 3.05) is 11.0 Å². The minimum absolute atomic E-state index is 0.231. The minimum atomic E-state index is -3.44. The standard InChI is InChI=1S/C14H12N4O2S/c1-21(19,20)18-14-4-2-10(8-11(14)9-16)13-5-3-12(17-13)6-7-15/h2-5,8,17-18H,6H2,1H3. The number of hydrogen-bond acceptors (Lipinski definition) is 4. The lowest BCUT2D eigenvalue weighted by atomic mass is 10.1. The Hall–Kier alpha value is -2.77. The van der Waals surface area contributed by atoms with Crippen LogP contribution in [0.4, 0.5) is 5.69 Å². The summed E-state index contributed by atoms with van der Waals surface area (Å²) in [5, 5.41) is 17.8. The molecule has 0 bridgehead atoms. The van der Waals surface area contributed by atoms with Gasteiger partial charge in [0.25, 0.3) is 0 Å². The Morgan fingerprint density at radius 2 is 2.00 bits per heavy atom. The molecule has 1 heterocycles. The van der Waals surface area contributed by atoms with Gasteiger partial charge in [-0.25, -0.2) is 8.42 Å². The van der Waals surface area contributed by atoms with Crippen LogP contribution in [-0.2, 0) is 16.4 Å². The fraction of sp³-hybridized carbons (Fsp3) is 0.143. The van der Waals surface area contributed by atoms with Crippen molar-refractivity contribution in [1.82, 2.24) is 4.98 Å². The van der Waals surface area contributed by atoms with Crippen LogP contribution in [0.1, 0.15) is 11.3 Å². The van der Waals surface area contributed by atoms with Gasteiger partial charge in [0.05, 0.1) is 30.0 Å². The maximum atomic E-state index is 11.2. The van der Waals surface area contributed by atoms with Gasteiger partial charge in [0.1, 0.15) is 6.07 Å². The van der Waals surface area contributed by atoms with Crippen LogP contribution in [0.3, 0.4) is 0 Å². The first-order valence-electron chi connectivity index (χ1n) is 6.00. The summed E-state index contributed by atoms with van der Waals surface area (Å²) in [5.41, 5.74) is 2.77. The molecule has 0 aliphatic carbocycles. The van der Waals surface area contributed by atoms with Crippen LogP contribution >= 0.6 is 0 Å². The molecule has 0 radical (unpaired) electrons. The van der Waals surface area contributed by atoms with Crippen molar-refractivity contribution in [2.45, 2.75) is 6.42 Å². The summed E-state index contributed by atoms with van der Waals surface area (Å²) < 4.78 is 24.8. The lowest BCUT2D eigenvalue weighted by Gasteiger charge is -2.07. The summed E-state index contributed by atoms with van der Waals surface area (Å²) in [4.78, 5) is 3.08. The Kier molecular flexibility index (Phi) is 3.97. The topological polar surface area (TPSA) is 110 Å². The number of rotatable bonds is 4. The molecular formula is C14H12N4O2S. The second-order valence-corrected chi connectivity index (χ2v) is 6.23. The van der Waals surface area contributed by atoms with E-state index in [2.05, 4.69) is 9.71 Å². The monoisotopic (exact) mass is 300 g/mol. The summed E-state index contributed by atoms with van der Waals surface area (Å²) in [7, 11) is -3.44. The predicted octanol–water partition coefficient (Wildman–Crippen LogP) is 1.99. The van der Waals surface area contributed by atoms with Crippen molar-refractivity contribution in [1.29, 1.82) is 10.5 Å². The molecule has 0 saturated heterocycles. The van der Waals surface area contributed by atoms with Crippen molar-refractivity contribution in [3.63, 3.8) is 0 Å². The SMILES string of the molecule is CS(=O)(=O)Nc1ccc(-c2ccc(CC#N)[nH]2)cc1C#N. The molecule has 106 valence electrons. The van der Waals surface area contributed by atoms with Crippen LogP contribution in [0.2, 0.25) is 0 Å². The molecule has 2 rings (SSSR count). The van der Waals surface area contributed by atoms with Crippen molar-refractivity contribution >= 4 is 15.7 Å². The van der Waals surface area contributed by atoms with Crippen molar-refractivity contribution in [3.8, 4) is 23.4 Å². The average molecular weight is 300 g/mol. The lowest BCUT2D eigenvalue weighted by molar-refractivity contribution is 0.607. The van der Waals surface area contributed by atoms with Gasteiger partial charge in [0.15, 0.2) is 0 Å². The van der Waals surface area contributed by atoms with Gasteiger partial charge in [0.2, 0.25) is 10.0 Å². The predicted molar refractivity (Wildman–Crippen MR) is 78.7 cm³/mol. The van der Waals surface area contributed by atoms with Crippen LogP contribution in [0.5, 0.6) is 0 Å². The third kappa shape index (κ3) is 3.62. The summed E-state index contributed by atoms with van der Waals surface area (Å²) in [5.74, 6) is 0. The van der Waals surface area contributed by atoms with E-state index in [1.54, 1.807) is 24.3 Å². The Bertz CT molecular complexity index is 854. The van der Waals surface area contributed by atoms with E-state index in [0.29, 0.717) is 0 Å². The smallest absolute Gasteiger partial charge is 0.229 e. The van der Waals surface area contributed by atoms with E-state index in [1.165, 1.54) is 0 Å². The van der Waals surface area contributed by atoms with Crippen LogP contribution in [0.25, 0.3) is 11.3 Å². The van der Waals surface area contributed by atoms with E-state index >= 15 is 0 Å². The fourth-order valence-corrected chi connectivity index (χ4v) is 2.47. The highest BCUT2D eigenvalue weighted by Crippen LogP contribution is 2.25. The lowest BCUT2D eigenvalue weighted by Crippen LogP contribution is -2.10. The van der Waals surface area contributed by atoms with E-state index in [1.807, 2.05) is 18.2 Å². The van der Waals surface area contributed by atoms with Gasteiger partial charge in [-0.1, -0.05) is 6.07 Å². The van der Waals surface area contributed by atoms with E-state index in [4.69, 9.17) is 10.5 Å². The number of nitrogens with zero attached hydrogens (tertiary/aromatic N) is 2. The normalized spacial score (nSPS) is 10.6. The number of nitriles is 2. The first kappa shape index (κ1) is 14.6. The van der Waals surface area contributed by atoms with E-state index in [9.17, 15) is 8.42 Å². The molecule has 21 heavy (non-hydrogen) atoms. The Balaban J connectivity index is 2.39. The summed E-state index contributed by atoms with van der Waals surface area (Å²) in [6, 6.07) is 12.5. The number of nitrogens with one attached hydrogen (secondary N) is 2. The number of H-pyrrole nitrogens is 1. The molecule has 0 fully saturated rings. The summed E-state index contributed by atoms with van der Waals surface area (Å²) >= 11 is 0. The second-order valence-electron chi connectivity index (χ2n) is 4.48. The second kappa shape index (κ2) is 5.70. The zero-order chi connectivity index (χ0) is 15.5. The molecule has 2 aromatic rings. The molecule has 0 unspecified atom stereocenters. The van der Waals surface area contributed by atoms with E-state index in [0.717, 1.165) is 23.2 Å². The first-order valence-corrected chi connectivity index (χ1v) is 7.89. The zero-order valence-corrected chi connectivity index (χ0v) is 12.0. The van der Waals surface area contributed by atoms with Gasteiger partial charge in [-0.05, 0) is 29.8 Å².